The van der Waals surface area contributed by atoms with Gasteiger partial charge in [-0.3, -0.25) is 4.79 Å². The second-order valence-corrected chi connectivity index (χ2v) is 1.97. The van der Waals surface area contributed by atoms with E-state index in [1.54, 1.807) is 0 Å². The van der Waals surface area contributed by atoms with E-state index in [1.807, 2.05) is 13.8 Å². The maximum atomic E-state index is 10.6. The Hall–Kier alpha value is -0.570. The first-order valence-electron chi connectivity index (χ1n) is 3.46. The predicted octanol–water partition coefficient (Wildman–Crippen LogP) is 0.915. The fraction of sp³-hybridized carbons (Fsp3) is 0.857. The van der Waals surface area contributed by atoms with Crippen molar-refractivity contribution in [1.29, 1.82) is 0 Å². The topological polar surface area (TPSA) is 57.8 Å². The number of carbonyl (C=O) groups excluding carboxylic acids is 1. The normalized spacial score (nSPS) is 8.20. The van der Waals surface area contributed by atoms with Gasteiger partial charge in [-0.2, -0.15) is 0 Å². The highest BCUT2D eigenvalue weighted by molar-refractivity contribution is 5.69. The standard InChI is InChI=1S/C7H14O2.H2O/c1-3-5-7(8)9-6-4-2;/h3-6H2,1-2H3;1H2. The third kappa shape index (κ3) is 7.43. The van der Waals surface area contributed by atoms with Crippen molar-refractivity contribution in [3.8, 4) is 0 Å². The zero-order valence-electron chi connectivity index (χ0n) is 6.64. The third-order valence-electron chi connectivity index (χ3n) is 0.921. The van der Waals surface area contributed by atoms with E-state index in [0.29, 0.717) is 13.0 Å². The molecule has 0 heterocycles. The van der Waals surface area contributed by atoms with Crippen LogP contribution >= 0.6 is 0 Å². The number of hydrogen-bond donors (Lipinski definition) is 0. The largest absolute Gasteiger partial charge is 0.466 e. The fourth-order valence-corrected chi connectivity index (χ4v) is 0.492. The number of esters is 1. The van der Waals surface area contributed by atoms with Gasteiger partial charge in [-0.1, -0.05) is 13.8 Å². The molecule has 0 aromatic heterocycles. The highest BCUT2D eigenvalue weighted by Gasteiger charge is 1.96. The molecule has 10 heavy (non-hydrogen) atoms. The van der Waals surface area contributed by atoms with Gasteiger partial charge in [0, 0.05) is 6.42 Å². The second-order valence-electron chi connectivity index (χ2n) is 1.97. The van der Waals surface area contributed by atoms with Crippen LogP contribution in [-0.4, -0.2) is 18.1 Å². The molecule has 0 aliphatic heterocycles. The molecule has 0 aliphatic rings. The van der Waals surface area contributed by atoms with E-state index < -0.39 is 0 Å². The van der Waals surface area contributed by atoms with Crippen LogP contribution in [0, 0.1) is 0 Å². The average Bonchev–Trinajstić information content (AvgIpc) is 1.85. The molecule has 3 nitrogen and oxygen atoms in total. The fourth-order valence-electron chi connectivity index (χ4n) is 0.492. The molecule has 0 bridgehead atoms. The Balaban J connectivity index is 0. The maximum absolute atomic E-state index is 10.6. The van der Waals surface area contributed by atoms with Gasteiger partial charge in [-0.05, 0) is 12.8 Å². The lowest BCUT2D eigenvalue weighted by Crippen LogP contribution is -2.03. The smallest absolute Gasteiger partial charge is 0.305 e. The summed E-state index contributed by atoms with van der Waals surface area (Å²) in [5.74, 6) is -0.0700. The molecule has 3 heteroatoms. The molecule has 62 valence electrons. The summed E-state index contributed by atoms with van der Waals surface area (Å²) in [6.07, 6.45) is 2.35. The number of hydrogen-bond acceptors (Lipinski definition) is 2. The van der Waals surface area contributed by atoms with E-state index in [0.717, 1.165) is 12.8 Å². The minimum Gasteiger partial charge on any atom is -0.466 e. The van der Waals surface area contributed by atoms with Crippen molar-refractivity contribution in [2.24, 2.45) is 0 Å². The van der Waals surface area contributed by atoms with E-state index in [-0.39, 0.29) is 11.4 Å². The van der Waals surface area contributed by atoms with E-state index >= 15 is 0 Å². The Bertz CT molecular complexity index is 80.9. The minimum absolute atomic E-state index is 0. The van der Waals surface area contributed by atoms with Crippen LogP contribution in [0.1, 0.15) is 33.1 Å². The van der Waals surface area contributed by atoms with E-state index in [9.17, 15) is 4.79 Å². The lowest BCUT2D eigenvalue weighted by Gasteiger charge is -1.99. The van der Waals surface area contributed by atoms with Crippen LogP contribution in [0.25, 0.3) is 0 Å². The summed E-state index contributed by atoms with van der Waals surface area (Å²) in [7, 11) is 0. The highest BCUT2D eigenvalue weighted by atomic mass is 16.5. The van der Waals surface area contributed by atoms with Crippen molar-refractivity contribution in [2.45, 2.75) is 33.1 Å². The molecule has 0 spiro atoms. The molecule has 0 atom stereocenters. The van der Waals surface area contributed by atoms with Gasteiger partial charge < -0.3 is 10.2 Å². The number of carbonyl (C=O) groups is 1. The first-order valence-corrected chi connectivity index (χ1v) is 3.46. The zero-order chi connectivity index (χ0) is 7.11. The zero-order valence-corrected chi connectivity index (χ0v) is 6.64. The Morgan fingerprint density at radius 1 is 1.30 bits per heavy atom. The Morgan fingerprint density at radius 2 is 1.90 bits per heavy atom. The molecule has 2 N–H and O–H groups in total. The van der Waals surface area contributed by atoms with Crippen LogP contribution in [-0.2, 0) is 9.53 Å². The van der Waals surface area contributed by atoms with Gasteiger partial charge in [0.15, 0.2) is 0 Å². The van der Waals surface area contributed by atoms with Crippen LogP contribution in [0.2, 0.25) is 0 Å². The summed E-state index contributed by atoms with van der Waals surface area (Å²) in [5.41, 5.74) is 0. The second kappa shape index (κ2) is 8.43. The van der Waals surface area contributed by atoms with Gasteiger partial charge in [0.25, 0.3) is 0 Å². The van der Waals surface area contributed by atoms with Crippen LogP contribution in [0.15, 0.2) is 0 Å². The van der Waals surface area contributed by atoms with Gasteiger partial charge in [0.2, 0.25) is 0 Å². The molecule has 0 rings (SSSR count). The van der Waals surface area contributed by atoms with Crippen molar-refractivity contribution in [2.75, 3.05) is 6.61 Å². The molecule has 0 aliphatic carbocycles. The summed E-state index contributed by atoms with van der Waals surface area (Å²) in [6.45, 7) is 4.52. The summed E-state index contributed by atoms with van der Waals surface area (Å²) < 4.78 is 4.79. The predicted molar refractivity (Wildman–Crippen MR) is 39.8 cm³/mol. The van der Waals surface area contributed by atoms with E-state index in [2.05, 4.69) is 0 Å². The first-order chi connectivity index (χ1) is 4.31. The monoisotopic (exact) mass is 148 g/mol. The number of ether oxygens (including phenoxy) is 1. The van der Waals surface area contributed by atoms with Gasteiger partial charge in [0.05, 0.1) is 6.61 Å². The van der Waals surface area contributed by atoms with Gasteiger partial charge in [-0.25, -0.2) is 0 Å². The summed E-state index contributed by atoms with van der Waals surface area (Å²) in [6, 6.07) is 0. The van der Waals surface area contributed by atoms with Gasteiger partial charge in [-0.15, -0.1) is 0 Å². The maximum Gasteiger partial charge on any atom is 0.305 e. The molecular weight excluding hydrogens is 132 g/mol. The third-order valence-corrected chi connectivity index (χ3v) is 0.921. The summed E-state index contributed by atoms with van der Waals surface area (Å²) >= 11 is 0. The van der Waals surface area contributed by atoms with Crippen molar-refractivity contribution < 1.29 is 15.0 Å². The molecule has 0 unspecified atom stereocenters. The molecule has 0 saturated carbocycles. The van der Waals surface area contributed by atoms with Crippen molar-refractivity contribution in [3.63, 3.8) is 0 Å². The van der Waals surface area contributed by atoms with Crippen molar-refractivity contribution in [3.05, 3.63) is 0 Å². The van der Waals surface area contributed by atoms with Gasteiger partial charge in [0.1, 0.15) is 0 Å². The van der Waals surface area contributed by atoms with Crippen LogP contribution < -0.4 is 0 Å². The van der Waals surface area contributed by atoms with Crippen molar-refractivity contribution in [1.82, 2.24) is 0 Å². The Labute approximate surface area is 61.7 Å². The highest BCUT2D eigenvalue weighted by Crippen LogP contribution is 1.91. The Morgan fingerprint density at radius 3 is 2.30 bits per heavy atom. The summed E-state index contributed by atoms with van der Waals surface area (Å²) in [4.78, 5) is 10.6. The molecule has 0 radical (unpaired) electrons. The first kappa shape index (κ1) is 12.1. The minimum atomic E-state index is -0.0700. The quantitative estimate of drug-likeness (QED) is 0.556. The average molecular weight is 148 g/mol. The van der Waals surface area contributed by atoms with E-state index in [4.69, 9.17) is 4.74 Å². The molecule has 0 aromatic carbocycles. The van der Waals surface area contributed by atoms with Crippen LogP contribution in [0.4, 0.5) is 0 Å². The SMILES string of the molecule is CCCOC(=O)CCC.O. The molecule has 0 saturated heterocycles. The summed E-state index contributed by atoms with van der Waals surface area (Å²) in [5, 5.41) is 0. The number of rotatable bonds is 4. The Kier molecular flexibility index (Phi) is 10.2. The molecule has 0 amide bonds. The lowest BCUT2D eigenvalue weighted by atomic mass is 10.3. The molecule has 0 fully saturated rings. The van der Waals surface area contributed by atoms with Crippen LogP contribution in [0.3, 0.4) is 0 Å². The molecular formula is C7H16O3. The van der Waals surface area contributed by atoms with E-state index in [1.165, 1.54) is 0 Å². The lowest BCUT2D eigenvalue weighted by molar-refractivity contribution is -0.143. The van der Waals surface area contributed by atoms with Crippen LogP contribution in [0.5, 0.6) is 0 Å². The van der Waals surface area contributed by atoms with Crippen molar-refractivity contribution >= 4 is 5.97 Å². The van der Waals surface area contributed by atoms with Gasteiger partial charge >= 0.3 is 5.97 Å². The molecule has 0 aromatic rings.